The van der Waals surface area contributed by atoms with Gasteiger partial charge >= 0.3 is 5.97 Å². The van der Waals surface area contributed by atoms with Crippen molar-refractivity contribution in [1.29, 1.82) is 0 Å². The molecule has 0 unspecified atom stereocenters. The first-order chi connectivity index (χ1) is 9.67. The molecule has 0 bridgehead atoms. The van der Waals surface area contributed by atoms with Crippen molar-refractivity contribution in [1.82, 2.24) is 5.32 Å². The van der Waals surface area contributed by atoms with Gasteiger partial charge in [-0.05, 0) is 31.0 Å². The van der Waals surface area contributed by atoms with Gasteiger partial charge in [-0.3, -0.25) is 0 Å². The summed E-state index contributed by atoms with van der Waals surface area (Å²) in [6.07, 6.45) is 0. The molecule has 1 aromatic carbocycles. The maximum atomic E-state index is 11.2. The molecule has 20 heavy (non-hydrogen) atoms. The summed E-state index contributed by atoms with van der Waals surface area (Å²) in [6.45, 7) is 6.33. The van der Waals surface area contributed by atoms with Gasteiger partial charge in [-0.25, -0.2) is 4.79 Å². The molecule has 0 amide bonds. The zero-order chi connectivity index (χ0) is 14.8. The van der Waals surface area contributed by atoms with Crippen LogP contribution in [0, 0.1) is 6.92 Å². The molecule has 5 nitrogen and oxygen atoms in total. The first-order valence-electron chi connectivity index (χ1n) is 6.75. The second-order valence-electron chi connectivity index (χ2n) is 4.36. The molecule has 0 saturated carbocycles. The van der Waals surface area contributed by atoms with Crippen LogP contribution < -0.4 is 10.1 Å². The lowest BCUT2D eigenvalue weighted by molar-refractivity contribution is -0.145. The van der Waals surface area contributed by atoms with E-state index >= 15 is 0 Å². The normalized spacial score (nSPS) is 10.3. The minimum Gasteiger partial charge on any atom is -0.482 e. The molecular weight excluding hydrogens is 258 g/mol. The van der Waals surface area contributed by atoms with Gasteiger partial charge in [0.05, 0.1) is 13.2 Å². The minimum absolute atomic E-state index is 0.0554. The molecule has 0 aromatic heterocycles. The summed E-state index contributed by atoms with van der Waals surface area (Å²) >= 11 is 0. The monoisotopic (exact) mass is 281 g/mol. The molecule has 0 aliphatic carbocycles. The van der Waals surface area contributed by atoms with Gasteiger partial charge in [0.2, 0.25) is 0 Å². The third-order valence-corrected chi connectivity index (χ3v) is 2.70. The molecule has 0 atom stereocenters. The Morgan fingerprint density at radius 2 is 2.15 bits per heavy atom. The van der Waals surface area contributed by atoms with E-state index in [1.807, 2.05) is 25.1 Å². The molecule has 1 rings (SSSR count). The minimum atomic E-state index is -0.350. The van der Waals surface area contributed by atoms with Crippen molar-refractivity contribution in [3.63, 3.8) is 0 Å². The van der Waals surface area contributed by atoms with E-state index in [-0.39, 0.29) is 12.6 Å². The highest BCUT2D eigenvalue weighted by Gasteiger charge is 2.06. The number of hydrogen-bond donors (Lipinski definition) is 1. The molecule has 0 saturated heterocycles. The highest BCUT2D eigenvalue weighted by atomic mass is 16.6. The molecular formula is C15H23NO4. The number of nitrogens with one attached hydrogen (secondary N) is 1. The Labute approximate surface area is 120 Å². The number of rotatable bonds is 9. The average Bonchev–Trinajstić information content (AvgIpc) is 2.43. The maximum Gasteiger partial charge on any atom is 0.344 e. The first-order valence-corrected chi connectivity index (χ1v) is 6.75. The highest BCUT2D eigenvalue weighted by Crippen LogP contribution is 2.19. The third-order valence-electron chi connectivity index (χ3n) is 2.70. The SMILES string of the molecule is CCOC(=O)COc1ccc(CNCCOC)cc1C. The molecule has 1 aromatic rings. The Kier molecular flexibility index (Phi) is 7.69. The summed E-state index contributed by atoms with van der Waals surface area (Å²) in [7, 11) is 1.68. The number of esters is 1. The fourth-order valence-corrected chi connectivity index (χ4v) is 1.73. The average molecular weight is 281 g/mol. The van der Waals surface area contributed by atoms with E-state index in [1.54, 1.807) is 14.0 Å². The van der Waals surface area contributed by atoms with Gasteiger partial charge < -0.3 is 19.5 Å². The zero-order valence-electron chi connectivity index (χ0n) is 12.4. The fourth-order valence-electron chi connectivity index (χ4n) is 1.73. The molecule has 0 aliphatic heterocycles. The summed E-state index contributed by atoms with van der Waals surface area (Å²) in [4.78, 5) is 11.2. The van der Waals surface area contributed by atoms with Gasteiger partial charge in [-0.2, -0.15) is 0 Å². The smallest absolute Gasteiger partial charge is 0.344 e. The Morgan fingerprint density at radius 1 is 1.35 bits per heavy atom. The van der Waals surface area contributed by atoms with Crippen LogP contribution in [0.1, 0.15) is 18.1 Å². The molecule has 0 spiro atoms. The number of aryl methyl sites for hydroxylation is 1. The molecule has 1 N–H and O–H groups in total. The van der Waals surface area contributed by atoms with E-state index in [1.165, 1.54) is 5.56 Å². The van der Waals surface area contributed by atoms with Crippen LogP contribution in [0.3, 0.4) is 0 Å². The first kappa shape index (κ1) is 16.5. The van der Waals surface area contributed by atoms with Crippen molar-refractivity contribution in [2.75, 3.05) is 33.5 Å². The molecule has 0 fully saturated rings. The van der Waals surface area contributed by atoms with Crippen molar-refractivity contribution >= 4 is 5.97 Å². The van der Waals surface area contributed by atoms with Crippen LogP contribution in [0.15, 0.2) is 18.2 Å². The number of methoxy groups -OCH3 is 1. The van der Waals surface area contributed by atoms with Crippen LogP contribution in [-0.2, 0) is 20.8 Å². The quantitative estimate of drug-likeness (QED) is 0.551. The van der Waals surface area contributed by atoms with Gasteiger partial charge in [-0.1, -0.05) is 12.1 Å². The van der Waals surface area contributed by atoms with Gasteiger partial charge in [0.1, 0.15) is 5.75 Å². The van der Waals surface area contributed by atoms with Gasteiger partial charge in [-0.15, -0.1) is 0 Å². The Morgan fingerprint density at radius 3 is 2.80 bits per heavy atom. The number of hydrogen-bond acceptors (Lipinski definition) is 5. The summed E-state index contributed by atoms with van der Waals surface area (Å²) in [6, 6.07) is 5.90. The van der Waals surface area contributed by atoms with Crippen molar-refractivity contribution in [3.05, 3.63) is 29.3 Å². The number of carbonyl (C=O) groups is 1. The van der Waals surface area contributed by atoms with Crippen molar-refractivity contribution in [2.45, 2.75) is 20.4 Å². The second-order valence-corrected chi connectivity index (χ2v) is 4.36. The summed E-state index contributed by atoms with van der Waals surface area (Å²) in [5, 5.41) is 3.28. The predicted octanol–water partition coefficient (Wildman–Crippen LogP) is 1.67. The Balaban J connectivity index is 2.44. The molecule has 112 valence electrons. The number of carbonyl (C=O) groups excluding carboxylic acids is 1. The lowest BCUT2D eigenvalue weighted by Crippen LogP contribution is -2.18. The summed E-state index contributed by atoms with van der Waals surface area (Å²) in [5.41, 5.74) is 2.17. The predicted molar refractivity (Wildman–Crippen MR) is 76.9 cm³/mol. The van der Waals surface area contributed by atoms with Crippen molar-refractivity contribution in [3.8, 4) is 5.75 Å². The van der Waals surface area contributed by atoms with Crippen LogP contribution in [-0.4, -0.2) is 39.4 Å². The lowest BCUT2D eigenvalue weighted by Gasteiger charge is -2.11. The molecule has 5 heteroatoms. The van der Waals surface area contributed by atoms with E-state index in [4.69, 9.17) is 14.2 Å². The van der Waals surface area contributed by atoms with Gasteiger partial charge in [0.25, 0.3) is 0 Å². The second kappa shape index (κ2) is 9.34. The van der Waals surface area contributed by atoms with Crippen molar-refractivity contribution < 1.29 is 19.0 Å². The van der Waals surface area contributed by atoms with E-state index < -0.39 is 0 Å². The molecule has 0 aliphatic rings. The maximum absolute atomic E-state index is 11.2. The van der Waals surface area contributed by atoms with E-state index in [9.17, 15) is 4.79 Å². The largest absolute Gasteiger partial charge is 0.482 e. The van der Waals surface area contributed by atoms with Crippen LogP contribution in [0.25, 0.3) is 0 Å². The van der Waals surface area contributed by atoms with Crippen LogP contribution >= 0.6 is 0 Å². The third kappa shape index (κ3) is 6.04. The summed E-state index contributed by atoms with van der Waals surface area (Å²) in [5.74, 6) is 0.357. The van der Waals surface area contributed by atoms with Crippen LogP contribution in [0.2, 0.25) is 0 Å². The zero-order valence-corrected chi connectivity index (χ0v) is 12.4. The Bertz CT molecular complexity index is 420. The highest BCUT2D eigenvalue weighted by molar-refractivity contribution is 5.71. The van der Waals surface area contributed by atoms with Gasteiger partial charge in [0, 0.05) is 20.2 Å². The fraction of sp³-hybridized carbons (Fsp3) is 0.533. The van der Waals surface area contributed by atoms with Gasteiger partial charge in [0.15, 0.2) is 6.61 Å². The van der Waals surface area contributed by atoms with E-state index in [0.717, 1.165) is 18.7 Å². The van der Waals surface area contributed by atoms with E-state index in [0.29, 0.717) is 19.0 Å². The topological polar surface area (TPSA) is 56.8 Å². The Hall–Kier alpha value is -1.59. The molecule has 0 radical (unpaired) electrons. The standard InChI is InChI=1S/C15H23NO4/c1-4-19-15(17)11-20-14-6-5-13(9-12(14)2)10-16-7-8-18-3/h5-6,9,16H,4,7-8,10-11H2,1-3H3. The number of benzene rings is 1. The lowest BCUT2D eigenvalue weighted by atomic mass is 10.1. The van der Waals surface area contributed by atoms with E-state index in [2.05, 4.69) is 5.32 Å². The van der Waals surface area contributed by atoms with Crippen molar-refractivity contribution in [2.24, 2.45) is 0 Å². The van der Waals surface area contributed by atoms with Crippen LogP contribution in [0.5, 0.6) is 5.75 Å². The number of ether oxygens (including phenoxy) is 3. The summed E-state index contributed by atoms with van der Waals surface area (Å²) < 4.78 is 15.2. The van der Waals surface area contributed by atoms with Crippen LogP contribution in [0.4, 0.5) is 0 Å². The molecule has 0 heterocycles.